The molecule has 3 rings (SSSR count). The van der Waals surface area contributed by atoms with Crippen LogP contribution in [-0.2, 0) is 0 Å². The fourth-order valence-corrected chi connectivity index (χ4v) is 2.19. The highest BCUT2D eigenvalue weighted by atomic mass is 16.7. The second-order valence-electron chi connectivity index (χ2n) is 5.93. The molecule has 0 spiro atoms. The molecule has 2 aromatic rings. The van der Waals surface area contributed by atoms with Crippen molar-refractivity contribution in [3.63, 3.8) is 0 Å². The second kappa shape index (κ2) is 7.16. The van der Waals surface area contributed by atoms with Gasteiger partial charge in [-0.25, -0.2) is 9.97 Å². The van der Waals surface area contributed by atoms with E-state index in [1.165, 1.54) is 12.4 Å². The SMILES string of the molecule is CC(C)CCNC(=O)c1cnc(Nc2ccc3c(c2)OCO3)nc1. The number of hydrogen-bond donors (Lipinski definition) is 2. The van der Waals surface area contributed by atoms with Crippen LogP contribution in [0.2, 0.25) is 0 Å². The van der Waals surface area contributed by atoms with Gasteiger partial charge in [-0.2, -0.15) is 0 Å². The van der Waals surface area contributed by atoms with Crippen LogP contribution in [-0.4, -0.2) is 29.2 Å². The van der Waals surface area contributed by atoms with E-state index in [2.05, 4.69) is 34.4 Å². The Hall–Kier alpha value is -2.83. The minimum atomic E-state index is -0.162. The Bertz CT molecular complexity index is 716. The molecule has 24 heavy (non-hydrogen) atoms. The summed E-state index contributed by atoms with van der Waals surface area (Å²) >= 11 is 0. The largest absolute Gasteiger partial charge is 0.454 e. The molecule has 2 N–H and O–H groups in total. The number of aromatic nitrogens is 2. The first-order valence-corrected chi connectivity index (χ1v) is 7.89. The number of nitrogens with one attached hydrogen (secondary N) is 2. The molecular formula is C17H20N4O3. The van der Waals surface area contributed by atoms with E-state index in [4.69, 9.17) is 9.47 Å². The van der Waals surface area contributed by atoms with Crippen molar-refractivity contribution in [3.05, 3.63) is 36.2 Å². The van der Waals surface area contributed by atoms with Gasteiger partial charge in [0, 0.05) is 30.7 Å². The molecule has 7 nitrogen and oxygen atoms in total. The van der Waals surface area contributed by atoms with Gasteiger partial charge < -0.3 is 20.1 Å². The number of rotatable bonds is 6. The van der Waals surface area contributed by atoms with Gasteiger partial charge in [0.05, 0.1) is 5.56 Å². The fourth-order valence-electron chi connectivity index (χ4n) is 2.19. The molecule has 7 heteroatoms. The standard InChI is InChI=1S/C17H20N4O3/c1-11(2)5-6-18-16(22)12-8-19-17(20-9-12)21-13-3-4-14-15(7-13)24-10-23-14/h3-4,7-9,11H,5-6,10H2,1-2H3,(H,18,22)(H,19,20,21). The number of anilines is 2. The molecule has 0 saturated heterocycles. The van der Waals surface area contributed by atoms with Crippen molar-refractivity contribution in [3.8, 4) is 11.5 Å². The highest BCUT2D eigenvalue weighted by molar-refractivity contribution is 5.93. The number of carbonyl (C=O) groups is 1. The molecule has 0 atom stereocenters. The monoisotopic (exact) mass is 328 g/mol. The zero-order valence-corrected chi connectivity index (χ0v) is 13.7. The lowest BCUT2D eigenvalue weighted by molar-refractivity contribution is 0.0951. The first-order chi connectivity index (χ1) is 11.6. The van der Waals surface area contributed by atoms with Crippen molar-refractivity contribution < 1.29 is 14.3 Å². The third kappa shape index (κ3) is 3.92. The van der Waals surface area contributed by atoms with E-state index in [1.54, 1.807) is 0 Å². The Morgan fingerprint density at radius 2 is 1.96 bits per heavy atom. The molecule has 0 radical (unpaired) electrons. The van der Waals surface area contributed by atoms with Crippen LogP contribution in [0.15, 0.2) is 30.6 Å². The van der Waals surface area contributed by atoms with Gasteiger partial charge in [0.2, 0.25) is 12.7 Å². The van der Waals surface area contributed by atoms with E-state index in [0.29, 0.717) is 29.7 Å². The zero-order valence-electron chi connectivity index (χ0n) is 13.7. The summed E-state index contributed by atoms with van der Waals surface area (Å²) in [7, 11) is 0. The predicted octanol–water partition coefficient (Wildman–Crippen LogP) is 2.72. The van der Waals surface area contributed by atoms with Gasteiger partial charge in [-0.3, -0.25) is 4.79 Å². The van der Waals surface area contributed by atoms with Gasteiger partial charge in [-0.15, -0.1) is 0 Å². The fraction of sp³-hybridized carbons (Fsp3) is 0.353. The van der Waals surface area contributed by atoms with Crippen molar-refractivity contribution in [2.45, 2.75) is 20.3 Å². The topological polar surface area (TPSA) is 85.4 Å². The van der Waals surface area contributed by atoms with Crippen LogP contribution in [0.1, 0.15) is 30.6 Å². The molecule has 126 valence electrons. The minimum absolute atomic E-state index is 0.162. The van der Waals surface area contributed by atoms with Crippen molar-refractivity contribution in [1.29, 1.82) is 0 Å². The normalized spacial score (nSPS) is 12.3. The molecule has 1 aromatic heterocycles. The van der Waals surface area contributed by atoms with Crippen molar-refractivity contribution in [2.75, 3.05) is 18.7 Å². The molecule has 1 aliphatic rings. The van der Waals surface area contributed by atoms with Gasteiger partial charge in [0.15, 0.2) is 11.5 Å². The number of hydrogen-bond acceptors (Lipinski definition) is 6. The Balaban J connectivity index is 1.59. The zero-order chi connectivity index (χ0) is 16.9. The molecular weight excluding hydrogens is 308 g/mol. The summed E-state index contributed by atoms with van der Waals surface area (Å²) in [6.07, 6.45) is 3.95. The number of amides is 1. The first-order valence-electron chi connectivity index (χ1n) is 7.89. The van der Waals surface area contributed by atoms with E-state index < -0.39 is 0 Å². The van der Waals surface area contributed by atoms with Crippen molar-refractivity contribution in [2.24, 2.45) is 5.92 Å². The van der Waals surface area contributed by atoms with Gasteiger partial charge in [-0.05, 0) is 24.5 Å². The smallest absolute Gasteiger partial charge is 0.254 e. The summed E-state index contributed by atoms with van der Waals surface area (Å²) in [6, 6.07) is 5.49. The molecule has 0 aliphatic carbocycles. The van der Waals surface area contributed by atoms with Gasteiger partial charge in [0.25, 0.3) is 5.91 Å². The number of fused-ring (bicyclic) bond motifs is 1. The summed E-state index contributed by atoms with van der Waals surface area (Å²) in [5.41, 5.74) is 1.23. The van der Waals surface area contributed by atoms with Gasteiger partial charge in [0.1, 0.15) is 0 Å². The Kier molecular flexibility index (Phi) is 4.79. The Morgan fingerprint density at radius 1 is 1.21 bits per heavy atom. The van der Waals surface area contributed by atoms with Crippen LogP contribution >= 0.6 is 0 Å². The van der Waals surface area contributed by atoms with Gasteiger partial charge in [-0.1, -0.05) is 13.8 Å². The van der Waals surface area contributed by atoms with Crippen LogP contribution in [0.5, 0.6) is 11.5 Å². The molecule has 0 saturated carbocycles. The summed E-state index contributed by atoms with van der Waals surface area (Å²) in [4.78, 5) is 20.3. The van der Waals surface area contributed by atoms with E-state index in [1.807, 2.05) is 18.2 Å². The number of ether oxygens (including phenoxy) is 2. The third-order valence-corrected chi connectivity index (χ3v) is 3.55. The summed E-state index contributed by atoms with van der Waals surface area (Å²) < 4.78 is 10.6. The Morgan fingerprint density at radius 3 is 2.71 bits per heavy atom. The average Bonchev–Trinajstić information content (AvgIpc) is 3.03. The van der Waals surface area contributed by atoms with Crippen LogP contribution in [0.25, 0.3) is 0 Å². The lowest BCUT2D eigenvalue weighted by atomic mass is 10.1. The van der Waals surface area contributed by atoms with Crippen LogP contribution < -0.4 is 20.1 Å². The van der Waals surface area contributed by atoms with Crippen LogP contribution in [0.3, 0.4) is 0 Å². The molecule has 0 bridgehead atoms. The van der Waals surface area contributed by atoms with Crippen molar-refractivity contribution in [1.82, 2.24) is 15.3 Å². The summed E-state index contributed by atoms with van der Waals surface area (Å²) in [6.45, 7) is 5.11. The van der Waals surface area contributed by atoms with Crippen LogP contribution in [0, 0.1) is 5.92 Å². The highest BCUT2D eigenvalue weighted by Crippen LogP contribution is 2.34. The lowest BCUT2D eigenvalue weighted by Gasteiger charge is -2.08. The van der Waals surface area contributed by atoms with Crippen molar-refractivity contribution >= 4 is 17.5 Å². The van der Waals surface area contributed by atoms with Crippen LogP contribution in [0.4, 0.5) is 11.6 Å². The average molecular weight is 328 g/mol. The minimum Gasteiger partial charge on any atom is -0.454 e. The molecule has 1 amide bonds. The second-order valence-corrected chi connectivity index (χ2v) is 5.93. The third-order valence-electron chi connectivity index (χ3n) is 3.55. The number of nitrogens with zero attached hydrogens (tertiary/aromatic N) is 2. The quantitative estimate of drug-likeness (QED) is 0.848. The van der Waals surface area contributed by atoms with E-state index >= 15 is 0 Å². The molecule has 1 aliphatic heterocycles. The number of carbonyl (C=O) groups excluding carboxylic acids is 1. The van der Waals surface area contributed by atoms with E-state index in [-0.39, 0.29) is 12.7 Å². The molecule has 1 aromatic carbocycles. The number of benzene rings is 1. The first kappa shape index (κ1) is 16.0. The molecule has 2 heterocycles. The maximum Gasteiger partial charge on any atom is 0.254 e. The van der Waals surface area contributed by atoms with E-state index in [0.717, 1.165) is 17.9 Å². The maximum absolute atomic E-state index is 12.0. The molecule has 0 unspecified atom stereocenters. The maximum atomic E-state index is 12.0. The highest BCUT2D eigenvalue weighted by Gasteiger charge is 2.13. The van der Waals surface area contributed by atoms with E-state index in [9.17, 15) is 4.79 Å². The predicted molar refractivity (Wildman–Crippen MR) is 89.7 cm³/mol. The Labute approximate surface area is 140 Å². The van der Waals surface area contributed by atoms with Gasteiger partial charge >= 0.3 is 0 Å². The summed E-state index contributed by atoms with van der Waals surface area (Å²) in [5, 5.41) is 5.93. The lowest BCUT2D eigenvalue weighted by Crippen LogP contribution is -2.25. The summed E-state index contributed by atoms with van der Waals surface area (Å²) in [5.74, 6) is 2.20. The molecule has 0 fully saturated rings.